The molecule has 3 aromatic carbocycles. The molecule has 0 radical (unpaired) electrons. The van der Waals surface area contributed by atoms with E-state index in [-0.39, 0.29) is 18.4 Å². The van der Waals surface area contributed by atoms with E-state index < -0.39 is 0 Å². The summed E-state index contributed by atoms with van der Waals surface area (Å²) in [5, 5.41) is 0. The van der Waals surface area contributed by atoms with E-state index in [0.717, 1.165) is 22.4 Å². The Morgan fingerprint density at radius 1 is 0.724 bits per heavy atom. The lowest BCUT2D eigenvalue weighted by atomic mass is 10.1. The molecular weight excluding hydrogens is 360 g/mol. The van der Waals surface area contributed by atoms with E-state index in [1.807, 2.05) is 91.9 Å². The monoisotopic (exact) mass is 386 g/mol. The van der Waals surface area contributed by atoms with Gasteiger partial charge >= 0.3 is 0 Å². The van der Waals surface area contributed by atoms with Gasteiger partial charge in [-0.15, -0.1) is 0 Å². The van der Waals surface area contributed by atoms with Crippen molar-refractivity contribution >= 4 is 17.5 Å². The summed E-state index contributed by atoms with van der Waals surface area (Å²) in [7, 11) is 0. The summed E-state index contributed by atoms with van der Waals surface area (Å²) in [4.78, 5) is 28.8. The van der Waals surface area contributed by atoms with Crippen LogP contribution >= 0.6 is 0 Å². The van der Waals surface area contributed by atoms with Crippen LogP contribution in [0.3, 0.4) is 0 Å². The highest BCUT2D eigenvalue weighted by molar-refractivity contribution is 5.96. The molecule has 0 atom stereocenters. The van der Waals surface area contributed by atoms with Gasteiger partial charge in [0.15, 0.2) is 0 Å². The Hall–Kier alpha value is -3.40. The van der Waals surface area contributed by atoms with Crippen LogP contribution in [-0.2, 0) is 22.7 Å². The molecule has 0 aliphatic carbocycles. The molecule has 2 amide bonds. The van der Waals surface area contributed by atoms with Gasteiger partial charge in [-0.25, -0.2) is 0 Å². The molecule has 0 fully saturated rings. The van der Waals surface area contributed by atoms with E-state index in [2.05, 4.69) is 0 Å². The van der Waals surface area contributed by atoms with Gasteiger partial charge in [0.2, 0.25) is 11.8 Å². The first-order valence-electron chi connectivity index (χ1n) is 9.73. The minimum Gasteiger partial charge on any atom is -0.329 e. The van der Waals surface area contributed by atoms with Gasteiger partial charge in [-0.1, -0.05) is 78.4 Å². The number of hydrogen-bond donors (Lipinski definition) is 0. The van der Waals surface area contributed by atoms with Crippen LogP contribution in [0.15, 0.2) is 84.9 Å². The zero-order valence-corrected chi connectivity index (χ0v) is 16.9. The number of aryl methyl sites for hydroxylation is 1. The zero-order valence-electron chi connectivity index (χ0n) is 16.9. The maximum absolute atomic E-state index is 13.2. The highest BCUT2D eigenvalue weighted by Gasteiger charge is 2.21. The number of hydrogen-bond acceptors (Lipinski definition) is 2. The maximum Gasteiger partial charge on any atom is 0.246 e. The van der Waals surface area contributed by atoms with E-state index in [1.54, 1.807) is 9.80 Å². The fourth-order valence-corrected chi connectivity index (χ4v) is 3.14. The smallest absolute Gasteiger partial charge is 0.246 e. The van der Waals surface area contributed by atoms with Gasteiger partial charge in [-0.2, -0.15) is 0 Å². The van der Waals surface area contributed by atoms with Crippen LogP contribution in [0.5, 0.6) is 0 Å². The van der Waals surface area contributed by atoms with Crippen molar-refractivity contribution in [2.24, 2.45) is 0 Å². The quantitative estimate of drug-likeness (QED) is 0.596. The average molecular weight is 386 g/mol. The van der Waals surface area contributed by atoms with Gasteiger partial charge in [0.05, 0.1) is 6.54 Å². The lowest BCUT2D eigenvalue weighted by molar-refractivity contribution is -0.134. The predicted molar refractivity (Wildman–Crippen MR) is 116 cm³/mol. The minimum absolute atomic E-state index is 0.0327. The topological polar surface area (TPSA) is 40.6 Å². The summed E-state index contributed by atoms with van der Waals surface area (Å²) < 4.78 is 0. The van der Waals surface area contributed by atoms with Gasteiger partial charge in [0.25, 0.3) is 0 Å². The molecule has 4 nitrogen and oxygen atoms in total. The molecule has 0 bridgehead atoms. The van der Waals surface area contributed by atoms with E-state index in [0.29, 0.717) is 13.1 Å². The van der Waals surface area contributed by atoms with Gasteiger partial charge in [0.1, 0.15) is 6.54 Å². The molecule has 0 unspecified atom stereocenters. The van der Waals surface area contributed by atoms with E-state index >= 15 is 0 Å². The molecule has 0 spiro atoms. The summed E-state index contributed by atoms with van der Waals surface area (Å²) in [6, 6.07) is 27.5. The molecule has 0 saturated heterocycles. The van der Waals surface area contributed by atoms with Crippen molar-refractivity contribution in [1.29, 1.82) is 0 Å². The van der Waals surface area contributed by atoms with Crippen LogP contribution in [0.25, 0.3) is 0 Å². The lowest BCUT2D eigenvalue weighted by Gasteiger charge is -2.27. The normalized spacial score (nSPS) is 10.4. The number of carbonyl (C=O) groups excluding carboxylic acids is 2. The summed E-state index contributed by atoms with van der Waals surface area (Å²) in [5.74, 6) is -0.228. The Morgan fingerprint density at radius 3 is 1.86 bits per heavy atom. The Labute approximate surface area is 172 Å². The first-order valence-corrected chi connectivity index (χ1v) is 9.73. The molecule has 29 heavy (non-hydrogen) atoms. The molecule has 3 aromatic rings. The van der Waals surface area contributed by atoms with Gasteiger partial charge in [0, 0.05) is 19.2 Å². The standard InChI is InChI=1S/C25H26N2O2/c1-20-13-15-23(16-14-20)17-26(21(2)28)19-25(29)27(24-11-7-4-8-12-24)18-22-9-5-3-6-10-22/h3-16H,17-19H2,1-2H3. The van der Waals surface area contributed by atoms with Crippen molar-refractivity contribution in [3.05, 3.63) is 102 Å². The fourth-order valence-electron chi connectivity index (χ4n) is 3.14. The third-order valence-corrected chi connectivity index (χ3v) is 4.82. The van der Waals surface area contributed by atoms with Crippen LogP contribution < -0.4 is 4.90 Å². The Kier molecular flexibility index (Phi) is 6.80. The van der Waals surface area contributed by atoms with Crippen molar-refractivity contribution < 1.29 is 9.59 Å². The Balaban J connectivity index is 1.79. The molecular formula is C25H26N2O2. The number of amides is 2. The van der Waals surface area contributed by atoms with E-state index in [1.165, 1.54) is 6.92 Å². The van der Waals surface area contributed by atoms with Crippen LogP contribution in [0.4, 0.5) is 5.69 Å². The summed E-state index contributed by atoms with van der Waals surface area (Å²) in [6.07, 6.45) is 0. The SMILES string of the molecule is CC(=O)N(CC(=O)N(Cc1ccccc1)c1ccccc1)Cc1ccc(C)cc1. The number of carbonyl (C=O) groups is 2. The molecule has 3 rings (SSSR count). The fraction of sp³-hybridized carbons (Fsp3) is 0.200. The molecule has 0 aromatic heterocycles. The van der Waals surface area contributed by atoms with Crippen LogP contribution in [-0.4, -0.2) is 23.3 Å². The molecule has 148 valence electrons. The van der Waals surface area contributed by atoms with Crippen LogP contribution in [0.1, 0.15) is 23.6 Å². The summed E-state index contributed by atoms with van der Waals surface area (Å²) in [5.41, 5.74) is 4.03. The second-order valence-corrected chi connectivity index (χ2v) is 7.16. The Morgan fingerprint density at radius 2 is 1.28 bits per heavy atom. The summed E-state index contributed by atoms with van der Waals surface area (Å²) >= 11 is 0. The largest absolute Gasteiger partial charge is 0.329 e. The van der Waals surface area contributed by atoms with Gasteiger partial charge in [-0.05, 0) is 30.2 Å². The number of para-hydroxylation sites is 1. The lowest BCUT2D eigenvalue weighted by Crippen LogP contribution is -2.41. The third kappa shape index (κ3) is 5.79. The maximum atomic E-state index is 13.2. The van der Waals surface area contributed by atoms with Crippen molar-refractivity contribution in [3.8, 4) is 0 Å². The van der Waals surface area contributed by atoms with Crippen molar-refractivity contribution in [2.75, 3.05) is 11.4 Å². The molecule has 0 heterocycles. The molecule has 0 N–H and O–H groups in total. The van der Waals surface area contributed by atoms with E-state index in [9.17, 15) is 9.59 Å². The average Bonchev–Trinajstić information content (AvgIpc) is 2.74. The molecule has 0 aliphatic heterocycles. The second kappa shape index (κ2) is 9.69. The van der Waals surface area contributed by atoms with Gasteiger partial charge in [-0.3, -0.25) is 9.59 Å². The minimum atomic E-state index is -0.119. The van der Waals surface area contributed by atoms with Crippen molar-refractivity contribution in [3.63, 3.8) is 0 Å². The highest BCUT2D eigenvalue weighted by atomic mass is 16.2. The number of benzene rings is 3. The zero-order chi connectivity index (χ0) is 20.6. The first-order chi connectivity index (χ1) is 14.0. The van der Waals surface area contributed by atoms with Crippen molar-refractivity contribution in [1.82, 2.24) is 4.90 Å². The Bertz CT molecular complexity index is 938. The number of rotatable bonds is 7. The number of nitrogens with zero attached hydrogens (tertiary/aromatic N) is 2. The number of anilines is 1. The van der Waals surface area contributed by atoms with E-state index in [4.69, 9.17) is 0 Å². The van der Waals surface area contributed by atoms with Gasteiger partial charge < -0.3 is 9.80 Å². The second-order valence-electron chi connectivity index (χ2n) is 7.16. The predicted octanol–water partition coefficient (Wildman–Crippen LogP) is 4.58. The first kappa shape index (κ1) is 20.3. The van der Waals surface area contributed by atoms with Crippen LogP contribution in [0, 0.1) is 6.92 Å². The van der Waals surface area contributed by atoms with Crippen LogP contribution in [0.2, 0.25) is 0 Å². The third-order valence-electron chi connectivity index (χ3n) is 4.82. The molecule has 0 saturated carbocycles. The van der Waals surface area contributed by atoms with Crippen molar-refractivity contribution in [2.45, 2.75) is 26.9 Å². The molecule has 0 aliphatic rings. The highest BCUT2D eigenvalue weighted by Crippen LogP contribution is 2.18. The summed E-state index contributed by atoms with van der Waals surface area (Å²) in [6.45, 7) is 4.43. The molecule has 4 heteroatoms.